The number of nitrogens with zero attached hydrogens (tertiary/aromatic N) is 4. The van der Waals surface area contributed by atoms with E-state index in [0.29, 0.717) is 17.2 Å². The molecule has 0 saturated carbocycles. The number of amides is 1. The third-order valence-electron chi connectivity index (χ3n) is 2.93. The predicted octanol–water partition coefficient (Wildman–Crippen LogP) is 0.821. The summed E-state index contributed by atoms with van der Waals surface area (Å²) in [5.74, 6) is 0.717. The lowest BCUT2D eigenvalue weighted by Crippen LogP contribution is -2.24. The second-order valence-electron chi connectivity index (χ2n) is 4.56. The maximum Gasteiger partial charge on any atom is 0.350 e. The molecule has 3 aromatic rings. The Balaban J connectivity index is 1.67. The average molecular weight is 287 g/mol. The lowest BCUT2D eigenvalue weighted by Gasteiger charge is -2.00. The molecule has 8 nitrogen and oxygen atoms in total. The highest BCUT2D eigenvalue weighted by molar-refractivity contribution is 5.89. The quantitative estimate of drug-likeness (QED) is 0.766. The summed E-state index contributed by atoms with van der Waals surface area (Å²) in [5.41, 5.74) is 0.283. The van der Waals surface area contributed by atoms with Gasteiger partial charge in [0.1, 0.15) is 5.76 Å². The van der Waals surface area contributed by atoms with Crippen LogP contribution < -0.4 is 11.0 Å². The van der Waals surface area contributed by atoms with Gasteiger partial charge in [-0.2, -0.15) is 0 Å². The number of hydrogen-bond acceptors (Lipinski definition) is 5. The lowest BCUT2D eigenvalue weighted by molar-refractivity contribution is -0.116. The Morgan fingerprint density at radius 3 is 3.00 bits per heavy atom. The predicted molar refractivity (Wildman–Crippen MR) is 73.9 cm³/mol. The first-order chi connectivity index (χ1) is 10.1. The van der Waals surface area contributed by atoms with Crippen LogP contribution in [0.3, 0.4) is 0 Å². The van der Waals surface area contributed by atoms with E-state index in [-0.39, 0.29) is 24.6 Å². The van der Waals surface area contributed by atoms with Crippen molar-refractivity contribution in [2.45, 2.75) is 19.9 Å². The Morgan fingerprint density at radius 2 is 2.29 bits per heavy atom. The van der Waals surface area contributed by atoms with Crippen LogP contribution in [-0.4, -0.2) is 25.2 Å². The number of anilines is 1. The molecule has 8 heteroatoms. The first-order valence-electron chi connectivity index (χ1n) is 6.41. The van der Waals surface area contributed by atoms with E-state index in [1.807, 2.05) is 0 Å². The molecule has 0 aromatic carbocycles. The average Bonchev–Trinajstić information content (AvgIpc) is 3.01. The second kappa shape index (κ2) is 5.23. The van der Waals surface area contributed by atoms with Crippen LogP contribution in [0, 0.1) is 6.92 Å². The topological polar surface area (TPSA) is 94.4 Å². The van der Waals surface area contributed by atoms with Crippen LogP contribution >= 0.6 is 0 Å². The SMILES string of the molecule is Cc1cc(NC(=O)CCn2nc3ccccn3c2=O)no1. The fourth-order valence-electron chi connectivity index (χ4n) is 1.95. The van der Waals surface area contributed by atoms with E-state index in [0.717, 1.165) is 0 Å². The highest BCUT2D eigenvalue weighted by Crippen LogP contribution is 2.07. The molecule has 0 aliphatic heterocycles. The van der Waals surface area contributed by atoms with Crippen LogP contribution in [0.5, 0.6) is 0 Å². The zero-order chi connectivity index (χ0) is 14.8. The Hall–Kier alpha value is -2.90. The molecule has 0 bridgehead atoms. The highest BCUT2D eigenvalue weighted by atomic mass is 16.5. The molecule has 0 saturated heterocycles. The van der Waals surface area contributed by atoms with Gasteiger partial charge in [-0.05, 0) is 19.1 Å². The summed E-state index contributed by atoms with van der Waals surface area (Å²) in [6.07, 6.45) is 1.76. The van der Waals surface area contributed by atoms with Gasteiger partial charge in [0.05, 0.1) is 6.54 Å². The number of pyridine rings is 1. The van der Waals surface area contributed by atoms with Crippen molar-refractivity contribution in [2.24, 2.45) is 0 Å². The van der Waals surface area contributed by atoms with Gasteiger partial charge >= 0.3 is 5.69 Å². The highest BCUT2D eigenvalue weighted by Gasteiger charge is 2.10. The normalized spacial score (nSPS) is 10.9. The molecular formula is C13H13N5O3. The fraction of sp³-hybridized carbons (Fsp3) is 0.231. The summed E-state index contributed by atoms with van der Waals surface area (Å²) in [6.45, 7) is 1.93. The first-order valence-corrected chi connectivity index (χ1v) is 6.41. The standard InChI is InChI=1S/C13H13N5O3/c1-9-8-10(16-21-9)14-12(19)5-7-18-13(20)17-6-3-2-4-11(17)15-18/h2-4,6,8H,5,7H2,1H3,(H,14,16,19). The number of carbonyl (C=O) groups is 1. The summed E-state index contributed by atoms with van der Waals surface area (Å²) in [6, 6.07) is 6.90. The van der Waals surface area contributed by atoms with Gasteiger partial charge in [-0.15, -0.1) is 5.10 Å². The largest absolute Gasteiger partial charge is 0.360 e. The van der Waals surface area contributed by atoms with Crippen molar-refractivity contribution in [2.75, 3.05) is 5.32 Å². The molecular weight excluding hydrogens is 274 g/mol. The van der Waals surface area contributed by atoms with Gasteiger partial charge in [0.2, 0.25) is 5.91 Å². The smallest absolute Gasteiger partial charge is 0.350 e. The van der Waals surface area contributed by atoms with Crippen molar-refractivity contribution in [3.8, 4) is 0 Å². The molecule has 0 fully saturated rings. The monoisotopic (exact) mass is 287 g/mol. The molecule has 3 aromatic heterocycles. The summed E-state index contributed by atoms with van der Waals surface area (Å²) in [7, 11) is 0. The number of nitrogens with one attached hydrogen (secondary N) is 1. The number of aromatic nitrogens is 4. The molecule has 0 aliphatic carbocycles. The van der Waals surface area contributed by atoms with Crippen molar-refractivity contribution in [1.29, 1.82) is 0 Å². The van der Waals surface area contributed by atoms with Gasteiger partial charge in [-0.25, -0.2) is 9.48 Å². The summed E-state index contributed by atoms with van der Waals surface area (Å²) in [5, 5.41) is 10.4. The third-order valence-corrected chi connectivity index (χ3v) is 2.93. The molecule has 21 heavy (non-hydrogen) atoms. The Labute approximate surface area is 119 Å². The van der Waals surface area contributed by atoms with Gasteiger partial charge in [0, 0.05) is 18.7 Å². The summed E-state index contributed by atoms with van der Waals surface area (Å²) < 4.78 is 7.55. The summed E-state index contributed by atoms with van der Waals surface area (Å²) >= 11 is 0. The van der Waals surface area contributed by atoms with E-state index in [1.54, 1.807) is 37.4 Å². The minimum atomic E-state index is -0.268. The fourth-order valence-corrected chi connectivity index (χ4v) is 1.95. The van der Waals surface area contributed by atoms with Crippen LogP contribution in [-0.2, 0) is 11.3 Å². The molecule has 0 spiro atoms. The van der Waals surface area contributed by atoms with Crippen LogP contribution in [0.1, 0.15) is 12.2 Å². The number of hydrogen-bond donors (Lipinski definition) is 1. The van der Waals surface area contributed by atoms with Crippen molar-refractivity contribution >= 4 is 17.4 Å². The number of carbonyl (C=O) groups excluding carboxylic acids is 1. The molecule has 0 unspecified atom stereocenters. The van der Waals surface area contributed by atoms with E-state index < -0.39 is 0 Å². The maximum absolute atomic E-state index is 12.0. The molecule has 1 N–H and O–H groups in total. The van der Waals surface area contributed by atoms with Crippen LogP contribution in [0.25, 0.3) is 5.65 Å². The lowest BCUT2D eigenvalue weighted by atomic mass is 10.4. The number of fused-ring (bicyclic) bond motifs is 1. The van der Waals surface area contributed by atoms with Crippen LogP contribution in [0.15, 0.2) is 39.8 Å². The van der Waals surface area contributed by atoms with Crippen molar-refractivity contribution < 1.29 is 9.32 Å². The van der Waals surface area contributed by atoms with Gasteiger partial charge in [0.25, 0.3) is 0 Å². The minimum absolute atomic E-state index is 0.121. The molecule has 3 heterocycles. The van der Waals surface area contributed by atoms with Crippen molar-refractivity contribution in [1.82, 2.24) is 19.3 Å². The first kappa shape index (κ1) is 13.1. The van der Waals surface area contributed by atoms with Gasteiger partial charge in [0.15, 0.2) is 11.5 Å². The summed E-state index contributed by atoms with van der Waals surface area (Å²) in [4.78, 5) is 23.8. The van der Waals surface area contributed by atoms with E-state index >= 15 is 0 Å². The number of rotatable bonds is 4. The molecule has 1 amide bonds. The zero-order valence-corrected chi connectivity index (χ0v) is 11.3. The van der Waals surface area contributed by atoms with E-state index in [9.17, 15) is 9.59 Å². The van der Waals surface area contributed by atoms with E-state index in [2.05, 4.69) is 15.6 Å². The van der Waals surface area contributed by atoms with Gasteiger partial charge < -0.3 is 9.84 Å². The third kappa shape index (κ3) is 2.69. The van der Waals surface area contributed by atoms with Gasteiger partial charge in [-0.1, -0.05) is 11.2 Å². The Bertz CT molecular complexity index is 845. The zero-order valence-electron chi connectivity index (χ0n) is 11.3. The molecule has 0 radical (unpaired) electrons. The minimum Gasteiger partial charge on any atom is -0.360 e. The van der Waals surface area contributed by atoms with Crippen molar-refractivity contribution in [3.63, 3.8) is 0 Å². The van der Waals surface area contributed by atoms with Crippen LogP contribution in [0.4, 0.5) is 5.82 Å². The molecule has 108 valence electrons. The van der Waals surface area contributed by atoms with E-state index in [4.69, 9.17) is 4.52 Å². The number of aryl methyl sites for hydroxylation is 2. The Morgan fingerprint density at radius 1 is 1.43 bits per heavy atom. The molecule has 0 atom stereocenters. The molecule has 3 rings (SSSR count). The van der Waals surface area contributed by atoms with E-state index in [1.165, 1.54) is 9.08 Å². The maximum atomic E-state index is 12.0. The van der Waals surface area contributed by atoms with Crippen LogP contribution in [0.2, 0.25) is 0 Å². The molecule has 0 aliphatic rings. The second-order valence-corrected chi connectivity index (χ2v) is 4.56. The Kier molecular flexibility index (Phi) is 3.27. The van der Waals surface area contributed by atoms with Gasteiger partial charge in [-0.3, -0.25) is 9.20 Å². The van der Waals surface area contributed by atoms with Crippen molar-refractivity contribution in [3.05, 3.63) is 46.7 Å².